The highest BCUT2D eigenvalue weighted by molar-refractivity contribution is 5.74. The van der Waals surface area contributed by atoms with Crippen LogP contribution in [-0.4, -0.2) is 41.9 Å². The van der Waals surface area contributed by atoms with Gasteiger partial charge >= 0.3 is 12.2 Å². The van der Waals surface area contributed by atoms with Gasteiger partial charge < -0.3 is 14.7 Å². The van der Waals surface area contributed by atoms with E-state index in [9.17, 15) is 18.0 Å². The minimum atomic E-state index is -4.37. The van der Waals surface area contributed by atoms with E-state index >= 15 is 0 Å². The molecule has 0 saturated carbocycles. The number of nitrogens with one attached hydrogen (secondary N) is 1. The van der Waals surface area contributed by atoms with Crippen molar-refractivity contribution < 1.29 is 22.5 Å². The van der Waals surface area contributed by atoms with Crippen molar-refractivity contribution in [3.63, 3.8) is 0 Å². The maximum Gasteiger partial charge on any atom is 0.393 e. The number of urea groups is 1. The van der Waals surface area contributed by atoms with Crippen LogP contribution in [0.3, 0.4) is 0 Å². The lowest BCUT2D eigenvalue weighted by Gasteiger charge is -2.31. The molecule has 27 heavy (non-hydrogen) atoms. The first-order valence-electron chi connectivity index (χ1n) is 8.97. The third kappa shape index (κ3) is 5.24. The van der Waals surface area contributed by atoms with Gasteiger partial charge in [-0.2, -0.15) is 13.2 Å². The van der Waals surface area contributed by atoms with E-state index < -0.39 is 24.7 Å². The fourth-order valence-corrected chi connectivity index (χ4v) is 3.34. The van der Waals surface area contributed by atoms with Gasteiger partial charge in [-0.3, -0.25) is 0 Å². The fourth-order valence-electron chi connectivity index (χ4n) is 3.34. The van der Waals surface area contributed by atoms with Crippen LogP contribution in [0.25, 0.3) is 0 Å². The third-order valence-corrected chi connectivity index (χ3v) is 4.95. The normalized spacial score (nSPS) is 16.9. The molecule has 0 radical (unpaired) electrons. The summed E-state index contributed by atoms with van der Waals surface area (Å²) in [5.41, 5.74) is 1.46. The highest BCUT2D eigenvalue weighted by Gasteiger charge is 2.39. The Hall–Kier alpha value is -2.51. The summed E-state index contributed by atoms with van der Waals surface area (Å²) in [4.78, 5) is 13.9. The first-order valence-corrected chi connectivity index (χ1v) is 8.97. The van der Waals surface area contributed by atoms with Crippen LogP contribution in [0.15, 0.2) is 47.2 Å². The molecule has 2 aromatic rings. The van der Waals surface area contributed by atoms with Crippen LogP contribution in [0.1, 0.15) is 30.0 Å². The maximum atomic E-state index is 13.3. The number of carbonyl (C=O) groups is 1. The number of alkyl halides is 3. The average molecular weight is 381 g/mol. The van der Waals surface area contributed by atoms with Crippen LogP contribution in [0.5, 0.6) is 0 Å². The Bertz CT molecular complexity index is 712. The third-order valence-electron chi connectivity index (χ3n) is 4.95. The van der Waals surface area contributed by atoms with Crippen molar-refractivity contribution in [3.8, 4) is 0 Å². The Morgan fingerprint density at radius 1 is 1.22 bits per heavy atom. The van der Waals surface area contributed by atoms with Gasteiger partial charge in [-0.05, 0) is 24.8 Å². The predicted octanol–water partition coefficient (Wildman–Crippen LogP) is 3.98. The van der Waals surface area contributed by atoms with Gasteiger partial charge in [0.05, 0.1) is 11.6 Å². The quantitative estimate of drug-likeness (QED) is 0.852. The second kappa shape index (κ2) is 8.45. The van der Waals surface area contributed by atoms with Gasteiger partial charge in [0, 0.05) is 31.6 Å². The molecule has 1 atom stereocenters. The van der Waals surface area contributed by atoms with Gasteiger partial charge in [0.2, 0.25) is 0 Å². The second-order valence-electron chi connectivity index (χ2n) is 6.80. The minimum absolute atomic E-state index is 0.154. The minimum Gasteiger partial charge on any atom is -0.365 e. The summed E-state index contributed by atoms with van der Waals surface area (Å²) >= 11 is 0. The standard InChI is InChI=1S/C19H22F3N3O2/c20-19(21,22)16(12-14-4-2-1-3-5-14)13-23-18(26)25-9-6-15(7-10-25)17-8-11-27-24-17/h1-5,8,11,15-16H,6-7,9-10,12-13H2,(H,23,26). The van der Waals surface area contributed by atoms with Crippen LogP contribution in [0.2, 0.25) is 0 Å². The Balaban J connectivity index is 1.50. The number of benzene rings is 1. The van der Waals surface area contributed by atoms with Crippen LogP contribution in [0.4, 0.5) is 18.0 Å². The zero-order valence-electron chi connectivity index (χ0n) is 14.8. The van der Waals surface area contributed by atoms with Gasteiger partial charge in [0.15, 0.2) is 0 Å². The molecule has 1 N–H and O–H groups in total. The number of likely N-dealkylation sites (tertiary alicyclic amines) is 1. The summed E-state index contributed by atoms with van der Waals surface area (Å²) in [7, 11) is 0. The van der Waals surface area contributed by atoms with Crippen LogP contribution in [0, 0.1) is 5.92 Å². The molecule has 0 aliphatic carbocycles. The van der Waals surface area contributed by atoms with Crippen LogP contribution < -0.4 is 5.32 Å². The van der Waals surface area contributed by atoms with E-state index in [4.69, 9.17) is 4.52 Å². The Morgan fingerprint density at radius 3 is 2.52 bits per heavy atom. The van der Waals surface area contributed by atoms with Gasteiger partial charge in [-0.15, -0.1) is 0 Å². The molecule has 1 fully saturated rings. The molecule has 1 aliphatic heterocycles. The molecule has 2 amide bonds. The van der Waals surface area contributed by atoms with E-state index in [1.54, 1.807) is 41.3 Å². The van der Waals surface area contributed by atoms with Crippen LogP contribution in [-0.2, 0) is 6.42 Å². The SMILES string of the molecule is O=C(NCC(Cc1ccccc1)C(F)(F)F)N1CCC(c2ccon2)CC1. The maximum absolute atomic E-state index is 13.3. The highest BCUT2D eigenvalue weighted by Crippen LogP contribution is 2.29. The van der Waals surface area contributed by atoms with E-state index in [0.717, 1.165) is 5.69 Å². The number of hydrogen-bond donors (Lipinski definition) is 1. The number of rotatable bonds is 5. The molecule has 1 aromatic carbocycles. The lowest BCUT2D eigenvalue weighted by Crippen LogP contribution is -2.47. The summed E-state index contributed by atoms with van der Waals surface area (Å²) in [5, 5.41) is 6.38. The lowest BCUT2D eigenvalue weighted by atomic mass is 9.94. The van der Waals surface area contributed by atoms with Crippen molar-refractivity contribution in [2.24, 2.45) is 5.92 Å². The molecular weight excluding hydrogens is 359 g/mol. The summed E-state index contributed by atoms with van der Waals surface area (Å²) in [6.07, 6.45) is -1.58. The molecule has 1 unspecified atom stereocenters. The van der Waals surface area contributed by atoms with Crippen molar-refractivity contribution >= 4 is 6.03 Å². The molecular formula is C19H22F3N3O2. The number of amides is 2. The summed E-state index contributed by atoms with van der Waals surface area (Å²) < 4.78 is 44.8. The number of hydrogen-bond acceptors (Lipinski definition) is 3. The number of nitrogens with zero attached hydrogens (tertiary/aromatic N) is 2. The molecule has 0 bridgehead atoms. The largest absolute Gasteiger partial charge is 0.393 e. The zero-order valence-corrected chi connectivity index (χ0v) is 14.8. The second-order valence-corrected chi connectivity index (χ2v) is 6.80. The predicted molar refractivity (Wildman–Crippen MR) is 93.1 cm³/mol. The van der Waals surface area contributed by atoms with Crippen molar-refractivity contribution in [3.05, 3.63) is 53.9 Å². The molecule has 5 nitrogen and oxygen atoms in total. The van der Waals surface area contributed by atoms with E-state index in [1.165, 1.54) is 6.26 Å². The molecule has 0 spiro atoms. The fraction of sp³-hybridized carbons (Fsp3) is 0.474. The number of piperidine rings is 1. The summed E-state index contributed by atoms with van der Waals surface area (Å²) in [5.74, 6) is -1.40. The molecule has 8 heteroatoms. The first-order chi connectivity index (χ1) is 12.9. The van der Waals surface area contributed by atoms with E-state index in [2.05, 4.69) is 10.5 Å². The van der Waals surface area contributed by atoms with Gasteiger partial charge in [-0.25, -0.2) is 4.79 Å². The zero-order chi connectivity index (χ0) is 19.3. The van der Waals surface area contributed by atoms with Gasteiger partial charge in [0.1, 0.15) is 6.26 Å². The number of aromatic nitrogens is 1. The monoisotopic (exact) mass is 381 g/mol. The smallest absolute Gasteiger partial charge is 0.365 e. The molecule has 1 aromatic heterocycles. The van der Waals surface area contributed by atoms with Crippen molar-refractivity contribution in [1.29, 1.82) is 0 Å². The molecule has 1 saturated heterocycles. The Kier molecular flexibility index (Phi) is 6.03. The molecule has 3 rings (SSSR count). The molecule has 1 aliphatic rings. The molecule has 146 valence electrons. The van der Waals surface area contributed by atoms with E-state index in [1.807, 2.05) is 0 Å². The Morgan fingerprint density at radius 2 is 1.93 bits per heavy atom. The average Bonchev–Trinajstić information content (AvgIpc) is 3.19. The van der Waals surface area contributed by atoms with Crippen molar-refractivity contribution in [1.82, 2.24) is 15.4 Å². The highest BCUT2D eigenvalue weighted by atomic mass is 19.4. The van der Waals surface area contributed by atoms with Gasteiger partial charge in [0.25, 0.3) is 0 Å². The van der Waals surface area contributed by atoms with Crippen molar-refractivity contribution in [2.45, 2.75) is 31.4 Å². The van der Waals surface area contributed by atoms with Crippen LogP contribution >= 0.6 is 0 Å². The van der Waals surface area contributed by atoms with Crippen molar-refractivity contribution in [2.75, 3.05) is 19.6 Å². The number of halogens is 3. The molecule has 2 heterocycles. The van der Waals surface area contributed by atoms with E-state index in [0.29, 0.717) is 31.5 Å². The number of carbonyl (C=O) groups excluding carboxylic acids is 1. The topological polar surface area (TPSA) is 58.4 Å². The Labute approximate surface area is 155 Å². The first kappa shape index (κ1) is 19.3. The van der Waals surface area contributed by atoms with Gasteiger partial charge in [-0.1, -0.05) is 35.5 Å². The van der Waals surface area contributed by atoms with E-state index in [-0.39, 0.29) is 12.3 Å². The lowest BCUT2D eigenvalue weighted by molar-refractivity contribution is -0.172. The summed E-state index contributed by atoms with van der Waals surface area (Å²) in [6.45, 7) is 0.540. The summed E-state index contributed by atoms with van der Waals surface area (Å²) in [6, 6.07) is 9.86.